The van der Waals surface area contributed by atoms with Crippen LogP contribution in [0.25, 0.3) is 0 Å². The average molecular weight is 285 g/mol. The second kappa shape index (κ2) is 2.72. The Bertz CT molecular complexity index is 174. The molecule has 0 aromatic carbocycles. The Kier molecular flexibility index (Phi) is 2.18. The minimum Gasteiger partial charge on any atom is -0.232 e. The lowest BCUT2D eigenvalue weighted by Gasteiger charge is -1.86. The molecule has 0 aliphatic rings. The highest BCUT2D eigenvalue weighted by Crippen LogP contribution is 2.04. The third-order valence-electron chi connectivity index (χ3n) is 0.592. The number of nitrogens with zero attached hydrogens (tertiary/aromatic N) is 2. The predicted molar refractivity (Wildman–Crippen MR) is 42.4 cm³/mol. The third kappa shape index (κ3) is 1.66. The van der Waals surface area contributed by atoms with Gasteiger partial charge in [0.2, 0.25) is 0 Å². The minimum absolute atomic E-state index is 0.761. The summed E-state index contributed by atoms with van der Waals surface area (Å²) < 4.78 is 1.59. The van der Waals surface area contributed by atoms with Gasteiger partial charge in [-0.15, -0.1) is 0 Å². The van der Waals surface area contributed by atoms with Crippen molar-refractivity contribution in [2.75, 3.05) is 0 Å². The summed E-state index contributed by atoms with van der Waals surface area (Å²) >= 11 is 5.26. The smallest absolute Gasteiger partial charge is 0.191 e. The maximum Gasteiger partial charge on any atom is 0.191 e. The van der Waals surface area contributed by atoms with E-state index >= 15 is 0 Å². The second-order valence-electron chi connectivity index (χ2n) is 1.15. The van der Waals surface area contributed by atoms with Crippen molar-refractivity contribution in [1.82, 2.24) is 9.97 Å². The van der Waals surface area contributed by atoms with Crippen molar-refractivity contribution in [3.05, 3.63) is 20.7 Å². The Morgan fingerprint density at radius 1 is 1.62 bits per heavy atom. The molecule has 1 rings (SSSR count). The van der Waals surface area contributed by atoms with Crippen LogP contribution in [0.4, 0.5) is 0 Å². The van der Waals surface area contributed by atoms with E-state index in [-0.39, 0.29) is 0 Å². The van der Waals surface area contributed by atoms with Crippen LogP contribution < -0.4 is 0 Å². The molecule has 2 nitrogen and oxygen atoms in total. The lowest BCUT2D eigenvalue weighted by atomic mass is 10.7. The van der Waals surface area contributed by atoms with Gasteiger partial charge in [0.05, 0.1) is 0 Å². The van der Waals surface area contributed by atoms with Crippen molar-refractivity contribution in [2.45, 2.75) is 0 Å². The summed E-state index contributed by atoms with van der Waals surface area (Å²) in [4.78, 5) is 7.85. The molecular formula is C4H2BrIN2. The lowest BCUT2D eigenvalue weighted by Crippen LogP contribution is -1.83. The maximum absolute atomic E-state index is 3.97. The van der Waals surface area contributed by atoms with Crippen molar-refractivity contribution < 1.29 is 0 Å². The second-order valence-corrected chi connectivity index (χ2v) is 2.93. The van der Waals surface area contributed by atoms with Crippen LogP contribution in [-0.2, 0) is 0 Å². The van der Waals surface area contributed by atoms with Crippen LogP contribution in [-0.4, -0.2) is 9.97 Å². The standard InChI is InChI=1S/C4H2BrIN2/c5-3-1-2-7-4(6)8-3/h1-2H. The van der Waals surface area contributed by atoms with Gasteiger partial charge in [0.15, 0.2) is 3.83 Å². The topological polar surface area (TPSA) is 25.8 Å². The van der Waals surface area contributed by atoms with E-state index in [1.54, 1.807) is 12.3 Å². The molecule has 4 heteroatoms. The van der Waals surface area contributed by atoms with E-state index in [1.807, 2.05) is 0 Å². The molecular weight excluding hydrogens is 283 g/mol. The van der Waals surface area contributed by atoms with Gasteiger partial charge in [-0.2, -0.15) is 0 Å². The number of aromatic nitrogens is 2. The summed E-state index contributed by atoms with van der Waals surface area (Å²) in [5.41, 5.74) is 0. The Morgan fingerprint density at radius 2 is 2.38 bits per heavy atom. The van der Waals surface area contributed by atoms with E-state index in [9.17, 15) is 0 Å². The number of hydrogen-bond donors (Lipinski definition) is 0. The van der Waals surface area contributed by atoms with E-state index in [0.717, 1.165) is 8.43 Å². The van der Waals surface area contributed by atoms with Crippen LogP contribution in [0.5, 0.6) is 0 Å². The van der Waals surface area contributed by atoms with Gasteiger partial charge in [0.25, 0.3) is 0 Å². The highest BCUT2D eigenvalue weighted by atomic mass is 127. The molecule has 0 N–H and O–H groups in total. The number of hydrogen-bond acceptors (Lipinski definition) is 2. The van der Waals surface area contributed by atoms with Gasteiger partial charge < -0.3 is 0 Å². The van der Waals surface area contributed by atoms with Crippen LogP contribution in [0.15, 0.2) is 16.9 Å². The number of halogens is 2. The van der Waals surface area contributed by atoms with Crippen LogP contribution in [0.3, 0.4) is 0 Å². The fourth-order valence-corrected chi connectivity index (χ4v) is 1.35. The van der Waals surface area contributed by atoms with Gasteiger partial charge in [-0.1, -0.05) is 0 Å². The molecule has 0 atom stereocenters. The Hall–Kier alpha value is 0.290. The summed E-state index contributed by atoms with van der Waals surface area (Å²) in [7, 11) is 0. The molecule has 0 saturated carbocycles. The highest BCUT2D eigenvalue weighted by molar-refractivity contribution is 14.1. The molecule has 0 fully saturated rings. The van der Waals surface area contributed by atoms with Gasteiger partial charge in [-0.05, 0) is 22.0 Å². The van der Waals surface area contributed by atoms with Crippen LogP contribution >= 0.6 is 38.5 Å². The zero-order chi connectivity index (χ0) is 5.98. The van der Waals surface area contributed by atoms with Gasteiger partial charge in [-0.3, -0.25) is 0 Å². The molecule has 0 unspecified atom stereocenters. The predicted octanol–water partition coefficient (Wildman–Crippen LogP) is 1.84. The zero-order valence-electron chi connectivity index (χ0n) is 3.81. The van der Waals surface area contributed by atoms with Crippen molar-refractivity contribution in [2.24, 2.45) is 0 Å². The fourth-order valence-electron chi connectivity index (χ4n) is 0.315. The van der Waals surface area contributed by atoms with E-state index < -0.39 is 0 Å². The van der Waals surface area contributed by atoms with Gasteiger partial charge in [0.1, 0.15) is 4.60 Å². The molecule has 42 valence electrons. The Balaban J connectivity index is 3.08. The molecule has 0 bridgehead atoms. The van der Waals surface area contributed by atoms with Crippen molar-refractivity contribution >= 4 is 38.5 Å². The lowest BCUT2D eigenvalue weighted by molar-refractivity contribution is 1.08. The molecule has 0 aliphatic heterocycles. The third-order valence-corrected chi connectivity index (χ3v) is 1.55. The zero-order valence-corrected chi connectivity index (χ0v) is 7.55. The van der Waals surface area contributed by atoms with Crippen molar-refractivity contribution in [1.29, 1.82) is 0 Å². The highest BCUT2D eigenvalue weighted by Gasteiger charge is 1.87. The van der Waals surface area contributed by atoms with Crippen molar-refractivity contribution in [3.8, 4) is 0 Å². The monoisotopic (exact) mass is 284 g/mol. The molecule has 0 spiro atoms. The quantitative estimate of drug-likeness (QED) is 0.413. The van der Waals surface area contributed by atoms with Crippen LogP contribution in [0.2, 0.25) is 0 Å². The molecule has 0 saturated heterocycles. The van der Waals surface area contributed by atoms with Gasteiger partial charge >= 0.3 is 0 Å². The molecule has 0 amide bonds. The summed E-state index contributed by atoms with van der Waals surface area (Å²) in [6, 6.07) is 1.79. The first-order valence-electron chi connectivity index (χ1n) is 1.93. The molecule has 0 aliphatic carbocycles. The van der Waals surface area contributed by atoms with Gasteiger partial charge in [0, 0.05) is 28.8 Å². The first-order valence-corrected chi connectivity index (χ1v) is 3.80. The molecule has 0 radical (unpaired) electrons. The van der Waals surface area contributed by atoms with Crippen LogP contribution in [0.1, 0.15) is 0 Å². The van der Waals surface area contributed by atoms with E-state index in [4.69, 9.17) is 0 Å². The largest absolute Gasteiger partial charge is 0.232 e. The molecule has 8 heavy (non-hydrogen) atoms. The summed E-state index contributed by atoms with van der Waals surface area (Å²) in [6.07, 6.45) is 1.71. The maximum atomic E-state index is 3.97. The number of rotatable bonds is 0. The van der Waals surface area contributed by atoms with Gasteiger partial charge in [-0.25, -0.2) is 9.97 Å². The normalized spacial score (nSPS) is 9.25. The first kappa shape index (κ1) is 6.41. The average Bonchev–Trinajstić information content (AvgIpc) is 1.64. The molecule has 1 heterocycles. The van der Waals surface area contributed by atoms with E-state index in [2.05, 4.69) is 48.5 Å². The SMILES string of the molecule is Brc1ccnc(I)n1. The van der Waals surface area contributed by atoms with Crippen LogP contribution in [0, 0.1) is 3.83 Å². The van der Waals surface area contributed by atoms with Crippen molar-refractivity contribution in [3.63, 3.8) is 0 Å². The Morgan fingerprint density at radius 3 is 2.75 bits per heavy atom. The summed E-state index contributed by atoms with van der Waals surface area (Å²) in [5, 5.41) is 0. The van der Waals surface area contributed by atoms with E-state index in [1.165, 1.54) is 0 Å². The summed E-state index contributed by atoms with van der Waals surface area (Å²) in [6.45, 7) is 0. The minimum atomic E-state index is 0.761. The summed E-state index contributed by atoms with van der Waals surface area (Å²) in [5.74, 6) is 0. The Labute approximate surface area is 69.0 Å². The first-order chi connectivity index (χ1) is 3.79. The molecule has 1 aromatic heterocycles. The van der Waals surface area contributed by atoms with E-state index in [0.29, 0.717) is 0 Å². The molecule has 1 aromatic rings. The fraction of sp³-hybridized carbons (Fsp3) is 0.